The molecule has 3 fully saturated rings. The Balaban J connectivity index is 0.924. The minimum atomic E-state index is -0.889. The fourth-order valence-corrected chi connectivity index (χ4v) is 6.09. The van der Waals surface area contributed by atoms with Crippen LogP contribution in [0.25, 0.3) is 16.6 Å². The largest absolute Gasteiger partial charge is 0.370 e. The molecular formula is C30H31N11O5. The molecule has 1 unspecified atom stereocenters. The topological polar surface area (TPSA) is 195 Å². The molecule has 0 radical (unpaired) electrons. The summed E-state index contributed by atoms with van der Waals surface area (Å²) in [6, 6.07) is 11.2. The van der Waals surface area contributed by atoms with Crippen LogP contribution in [0.5, 0.6) is 0 Å². The molecule has 0 aliphatic carbocycles. The van der Waals surface area contributed by atoms with Crippen molar-refractivity contribution < 1.29 is 19.2 Å². The van der Waals surface area contributed by atoms with Crippen LogP contribution in [0.15, 0.2) is 53.5 Å². The van der Waals surface area contributed by atoms with Crippen LogP contribution in [0.3, 0.4) is 0 Å². The highest BCUT2D eigenvalue weighted by atomic mass is 16.2. The van der Waals surface area contributed by atoms with Gasteiger partial charge >= 0.3 is 0 Å². The number of rotatable bonds is 7. The summed E-state index contributed by atoms with van der Waals surface area (Å²) in [5, 5.41) is 19.1. The van der Waals surface area contributed by atoms with Crippen LogP contribution < -0.4 is 21.5 Å². The van der Waals surface area contributed by atoms with Crippen molar-refractivity contribution in [2.75, 3.05) is 44.2 Å². The van der Waals surface area contributed by atoms with Crippen molar-refractivity contribution in [1.29, 1.82) is 0 Å². The second kappa shape index (κ2) is 11.8. The molecule has 2 aromatic carbocycles. The lowest BCUT2D eigenvalue weighted by Crippen LogP contribution is -2.58. The molecule has 3 aliphatic rings. The monoisotopic (exact) mass is 625 g/mol. The Labute approximate surface area is 261 Å². The van der Waals surface area contributed by atoms with Gasteiger partial charge in [-0.3, -0.25) is 34.2 Å². The van der Waals surface area contributed by atoms with E-state index in [1.807, 2.05) is 22.1 Å². The van der Waals surface area contributed by atoms with E-state index in [0.717, 1.165) is 21.8 Å². The lowest BCUT2D eigenvalue weighted by Gasteiger charge is -2.44. The molecule has 16 heteroatoms. The summed E-state index contributed by atoms with van der Waals surface area (Å²) in [6.07, 6.45) is 2.16. The normalized spacial score (nSPS) is 19.3. The molecule has 3 N–H and O–H groups in total. The first-order valence-corrected chi connectivity index (χ1v) is 15.0. The Bertz CT molecular complexity index is 1910. The molecule has 5 heterocycles. The number of hydrogen-bond donors (Lipinski definition) is 2. The molecule has 46 heavy (non-hydrogen) atoms. The van der Waals surface area contributed by atoms with Gasteiger partial charge in [-0.1, -0.05) is 10.4 Å². The smallest absolute Gasteiger partial charge is 0.278 e. The zero-order valence-corrected chi connectivity index (χ0v) is 24.8. The summed E-state index contributed by atoms with van der Waals surface area (Å²) in [6.45, 7) is 4.35. The molecule has 1 atom stereocenters. The summed E-state index contributed by atoms with van der Waals surface area (Å²) >= 11 is 0. The molecule has 3 aliphatic heterocycles. The summed E-state index contributed by atoms with van der Waals surface area (Å²) in [4.78, 5) is 67.9. The van der Waals surface area contributed by atoms with Gasteiger partial charge in [0.2, 0.25) is 17.7 Å². The van der Waals surface area contributed by atoms with Crippen molar-refractivity contribution in [2.45, 2.75) is 25.4 Å². The van der Waals surface area contributed by atoms with Crippen molar-refractivity contribution in [3.05, 3.63) is 70.3 Å². The second-order valence-corrected chi connectivity index (χ2v) is 11.8. The standard InChI is InChI=1S/C30H31N11O5/c31-27(43)18-1-3-21(4-2-18)40-17-20(33-35-40)16-37-9-11-38(12-10-37)29(45)19-14-39(15-19)22-5-6-24-23(13-22)30(46)41(36-34-24)25-7-8-26(42)32-28(25)44/h1-6,13,17,19,25H,7-12,14-16H2,(H2,31,43)(H,32,42,44). The van der Waals surface area contributed by atoms with E-state index in [0.29, 0.717) is 62.3 Å². The van der Waals surface area contributed by atoms with Crippen LogP contribution in [-0.2, 0) is 20.9 Å². The van der Waals surface area contributed by atoms with Gasteiger partial charge in [-0.05, 0) is 48.9 Å². The number of carbonyl (C=O) groups is 4. The van der Waals surface area contributed by atoms with Crippen molar-refractivity contribution in [2.24, 2.45) is 11.7 Å². The Morgan fingerprint density at radius 3 is 2.37 bits per heavy atom. The minimum Gasteiger partial charge on any atom is -0.370 e. The first kappa shape index (κ1) is 29.2. The average Bonchev–Trinajstić information content (AvgIpc) is 3.50. The summed E-state index contributed by atoms with van der Waals surface area (Å²) in [5.74, 6) is -1.44. The highest BCUT2D eigenvalue weighted by molar-refractivity contribution is 5.99. The molecular weight excluding hydrogens is 594 g/mol. The lowest BCUT2D eigenvalue weighted by atomic mass is 9.96. The van der Waals surface area contributed by atoms with E-state index in [9.17, 15) is 24.0 Å². The van der Waals surface area contributed by atoms with E-state index in [4.69, 9.17) is 5.73 Å². The predicted octanol–water partition coefficient (Wildman–Crippen LogP) is -0.771. The third-order valence-electron chi connectivity index (χ3n) is 8.80. The fourth-order valence-electron chi connectivity index (χ4n) is 6.09. The highest BCUT2D eigenvalue weighted by Crippen LogP contribution is 2.28. The molecule has 0 spiro atoms. The van der Waals surface area contributed by atoms with Gasteiger partial charge in [0.25, 0.3) is 11.5 Å². The third kappa shape index (κ3) is 5.58. The van der Waals surface area contributed by atoms with E-state index in [-0.39, 0.29) is 30.6 Å². The molecule has 3 saturated heterocycles. The maximum absolute atomic E-state index is 13.3. The number of piperazine rings is 1. The van der Waals surface area contributed by atoms with Crippen LogP contribution in [0, 0.1) is 5.92 Å². The third-order valence-corrected chi connectivity index (χ3v) is 8.80. The van der Waals surface area contributed by atoms with Crippen LogP contribution in [-0.4, -0.2) is 103 Å². The lowest BCUT2D eigenvalue weighted by molar-refractivity contribution is -0.138. The van der Waals surface area contributed by atoms with Gasteiger partial charge in [0, 0.05) is 63.5 Å². The number of hydrogen-bond acceptors (Lipinski definition) is 11. The SMILES string of the molecule is NC(=O)c1ccc(-n2cc(CN3CCN(C(=O)C4CN(c5ccc6nnn(C7CCC(=O)NC7=O)c(=O)c6c5)C4)CC3)nn2)cc1. The number of piperidine rings is 1. The van der Waals surface area contributed by atoms with Crippen LogP contribution in [0.2, 0.25) is 0 Å². The van der Waals surface area contributed by atoms with Gasteiger partial charge in [0.05, 0.1) is 28.9 Å². The van der Waals surface area contributed by atoms with Crippen LogP contribution in [0.4, 0.5) is 5.69 Å². The van der Waals surface area contributed by atoms with Gasteiger partial charge in [-0.15, -0.1) is 10.2 Å². The minimum absolute atomic E-state index is 0.119. The number of aromatic nitrogens is 6. The number of carbonyl (C=O) groups excluding carboxylic acids is 4. The van der Waals surface area contributed by atoms with Gasteiger partial charge < -0.3 is 15.5 Å². The summed E-state index contributed by atoms with van der Waals surface area (Å²) in [7, 11) is 0. The Kier molecular flexibility index (Phi) is 7.48. The number of nitrogens with zero attached hydrogens (tertiary/aromatic N) is 9. The number of primary amides is 1. The van der Waals surface area contributed by atoms with E-state index in [1.165, 1.54) is 0 Å². The van der Waals surface area contributed by atoms with E-state index >= 15 is 0 Å². The molecule has 7 rings (SSSR count). The zero-order chi connectivity index (χ0) is 31.9. The van der Waals surface area contributed by atoms with Gasteiger partial charge in [0.1, 0.15) is 11.6 Å². The molecule has 4 aromatic rings. The quantitative estimate of drug-likeness (QED) is 0.245. The number of nitrogens with two attached hydrogens (primary N) is 1. The van der Waals surface area contributed by atoms with Crippen LogP contribution >= 0.6 is 0 Å². The van der Waals surface area contributed by atoms with E-state index in [2.05, 4.69) is 30.8 Å². The number of nitrogens with one attached hydrogen (secondary N) is 1. The Hall–Kier alpha value is -5.51. The van der Waals surface area contributed by atoms with Crippen molar-refractivity contribution in [1.82, 2.24) is 45.1 Å². The molecule has 0 saturated carbocycles. The first-order valence-electron chi connectivity index (χ1n) is 15.0. The molecule has 16 nitrogen and oxygen atoms in total. The zero-order valence-electron chi connectivity index (χ0n) is 24.8. The number of fused-ring (bicyclic) bond motifs is 1. The Morgan fingerprint density at radius 1 is 0.913 bits per heavy atom. The van der Waals surface area contributed by atoms with E-state index < -0.39 is 23.4 Å². The van der Waals surface area contributed by atoms with Gasteiger partial charge in [0.15, 0.2) is 0 Å². The number of amides is 4. The average molecular weight is 626 g/mol. The van der Waals surface area contributed by atoms with Gasteiger partial charge in [-0.2, -0.15) is 4.68 Å². The maximum Gasteiger partial charge on any atom is 0.278 e. The Morgan fingerprint density at radius 2 is 1.65 bits per heavy atom. The number of imide groups is 1. The number of benzene rings is 2. The van der Waals surface area contributed by atoms with Gasteiger partial charge in [-0.25, -0.2) is 4.68 Å². The van der Waals surface area contributed by atoms with Crippen molar-refractivity contribution in [3.63, 3.8) is 0 Å². The highest BCUT2D eigenvalue weighted by Gasteiger charge is 2.37. The maximum atomic E-state index is 13.3. The molecule has 236 valence electrons. The summed E-state index contributed by atoms with van der Waals surface area (Å²) < 4.78 is 2.70. The molecule has 4 amide bonds. The van der Waals surface area contributed by atoms with Crippen molar-refractivity contribution >= 4 is 40.2 Å². The fraction of sp³-hybridized carbons (Fsp3) is 0.367. The number of anilines is 1. The predicted molar refractivity (Wildman–Crippen MR) is 163 cm³/mol. The molecule has 2 aromatic heterocycles. The van der Waals surface area contributed by atoms with E-state index in [1.54, 1.807) is 41.1 Å². The second-order valence-electron chi connectivity index (χ2n) is 11.8. The first-order chi connectivity index (χ1) is 22.2. The van der Waals surface area contributed by atoms with Crippen molar-refractivity contribution in [3.8, 4) is 5.69 Å². The molecule has 0 bridgehead atoms. The summed E-state index contributed by atoms with van der Waals surface area (Å²) in [5.41, 5.74) is 8.06. The van der Waals surface area contributed by atoms with Crippen LogP contribution in [0.1, 0.15) is 34.9 Å².